The number of anilines is 1. The fourth-order valence-corrected chi connectivity index (χ4v) is 4.61. The van der Waals surface area contributed by atoms with Gasteiger partial charge in [0.2, 0.25) is 5.91 Å². The molecule has 1 unspecified atom stereocenters. The van der Waals surface area contributed by atoms with Crippen LogP contribution in [0.15, 0.2) is 59.5 Å². The minimum absolute atomic E-state index is 0.144. The predicted molar refractivity (Wildman–Crippen MR) is 111 cm³/mol. The van der Waals surface area contributed by atoms with E-state index in [9.17, 15) is 18.0 Å². The molecule has 154 valence electrons. The summed E-state index contributed by atoms with van der Waals surface area (Å²) >= 11 is 0. The van der Waals surface area contributed by atoms with Crippen LogP contribution >= 0.6 is 0 Å². The van der Waals surface area contributed by atoms with Crippen LogP contribution in [0.1, 0.15) is 36.0 Å². The third-order valence-corrected chi connectivity index (χ3v) is 6.42. The van der Waals surface area contributed by atoms with Crippen LogP contribution in [-0.2, 0) is 14.8 Å². The van der Waals surface area contributed by atoms with Crippen molar-refractivity contribution in [2.45, 2.75) is 30.6 Å². The van der Waals surface area contributed by atoms with E-state index in [4.69, 9.17) is 5.73 Å². The molecule has 0 radical (unpaired) electrons. The summed E-state index contributed by atoms with van der Waals surface area (Å²) in [4.78, 5) is 25.9. The Kier molecular flexibility index (Phi) is 6.53. The van der Waals surface area contributed by atoms with Gasteiger partial charge in [0.25, 0.3) is 15.9 Å². The van der Waals surface area contributed by atoms with Crippen molar-refractivity contribution in [3.8, 4) is 0 Å². The summed E-state index contributed by atoms with van der Waals surface area (Å²) < 4.78 is 27.5. The molecule has 1 aliphatic rings. The lowest BCUT2D eigenvalue weighted by Gasteiger charge is -2.32. The van der Waals surface area contributed by atoms with Crippen molar-refractivity contribution in [2.75, 3.05) is 17.8 Å². The number of carbonyl (C=O) groups excluding carboxylic acids is 2. The molecule has 2 aromatic rings. The van der Waals surface area contributed by atoms with Crippen LogP contribution in [0.3, 0.4) is 0 Å². The zero-order valence-corrected chi connectivity index (χ0v) is 16.9. The van der Waals surface area contributed by atoms with Crippen molar-refractivity contribution < 1.29 is 18.0 Å². The highest BCUT2D eigenvalue weighted by Crippen LogP contribution is 2.24. The number of hydrogen-bond donors (Lipinski definition) is 2. The Bertz CT molecular complexity index is 976. The molecule has 0 aliphatic carbocycles. The van der Waals surface area contributed by atoms with E-state index < -0.39 is 10.0 Å². The Balaban J connectivity index is 1.70. The molecule has 1 aliphatic heterocycles. The second-order valence-electron chi connectivity index (χ2n) is 7.26. The summed E-state index contributed by atoms with van der Waals surface area (Å²) in [5.74, 6) is -0.221. The molecular formula is C21H25N3O4S. The van der Waals surface area contributed by atoms with Gasteiger partial charge in [-0.3, -0.25) is 14.3 Å². The summed E-state index contributed by atoms with van der Waals surface area (Å²) in [6.45, 7) is 1.22. The Morgan fingerprint density at radius 2 is 1.86 bits per heavy atom. The molecular weight excluding hydrogens is 390 g/mol. The van der Waals surface area contributed by atoms with Crippen LogP contribution in [0.5, 0.6) is 0 Å². The fraction of sp³-hybridized carbons (Fsp3) is 0.333. The minimum atomic E-state index is -3.72. The average molecular weight is 416 g/mol. The molecule has 8 heteroatoms. The average Bonchev–Trinajstić information content (AvgIpc) is 2.72. The number of rotatable bonds is 7. The number of likely N-dealkylation sites (tertiary alicyclic amines) is 1. The van der Waals surface area contributed by atoms with Gasteiger partial charge in [-0.1, -0.05) is 24.3 Å². The van der Waals surface area contributed by atoms with Crippen LogP contribution in [0, 0.1) is 5.92 Å². The van der Waals surface area contributed by atoms with E-state index in [1.54, 1.807) is 47.4 Å². The molecule has 0 bridgehead atoms. The zero-order chi connectivity index (χ0) is 20.9. The number of sulfonamides is 1. The first-order chi connectivity index (χ1) is 13.8. The van der Waals surface area contributed by atoms with Crippen molar-refractivity contribution in [3.63, 3.8) is 0 Å². The lowest BCUT2D eigenvalue weighted by Crippen LogP contribution is -2.40. The molecule has 1 saturated heterocycles. The summed E-state index contributed by atoms with van der Waals surface area (Å²) in [5.41, 5.74) is 5.99. The monoisotopic (exact) mass is 415 g/mol. The first-order valence-corrected chi connectivity index (χ1v) is 11.1. The quantitative estimate of drug-likeness (QED) is 0.724. The van der Waals surface area contributed by atoms with Crippen LogP contribution in [0.4, 0.5) is 5.69 Å². The summed E-state index contributed by atoms with van der Waals surface area (Å²) in [7, 11) is -3.72. The van der Waals surface area contributed by atoms with Gasteiger partial charge in [-0.05, 0) is 55.5 Å². The third-order valence-electron chi connectivity index (χ3n) is 5.02. The molecule has 1 fully saturated rings. The van der Waals surface area contributed by atoms with E-state index >= 15 is 0 Å². The molecule has 1 heterocycles. The van der Waals surface area contributed by atoms with Gasteiger partial charge in [0.1, 0.15) is 0 Å². The maximum atomic E-state index is 12.9. The lowest BCUT2D eigenvalue weighted by molar-refractivity contribution is -0.118. The summed E-state index contributed by atoms with van der Waals surface area (Å²) in [5, 5.41) is 0. The molecule has 29 heavy (non-hydrogen) atoms. The second-order valence-corrected chi connectivity index (χ2v) is 8.95. The molecule has 2 aromatic carbocycles. The van der Waals surface area contributed by atoms with Crippen molar-refractivity contribution in [2.24, 2.45) is 11.7 Å². The fourth-order valence-electron chi connectivity index (χ4n) is 3.54. The molecule has 1 atom stereocenters. The predicted octanol–water partition coefficient (Wildman–Crippen LogP) is 2.61. The van der Waals surface area contributed by atoms with Crippen molar-refractivity contribution in [1.29, 1.82) is 0 Å². The van der Waals surface area contributed by atoms with Crippen molar-refractivity contribution >= 4 is 27.5 Å². The van der Waals surface area contributed by atoms with Gasteiger partial charge >= 0.3 is 0 Å². The topological polar surface area (TPSA) is 110 Å². The molecule has 0 aromatic heterocycles. The Hall–Kier alpha value is -2.87. The van der Waals surface area contributed by atoms with Gasteiger partial charge in [-0.25, -0.2) is 8.42 Å². The van der Waals surface area contributed by atoms with Crippen LogP contribution in [0.2, 0.25) is 0 Å². The Labute approximate surface area is 171 Å². The number of nitrogens with zero attached hydrogens (tertiary/aromatic N) is 1. The minimum Gasteiger partial charge on any atom is -0.370 e. The van der Waals surface area contributed by atoms with Crippen molar-refractivity contribution in [1.82, 2.24) is 4.90 Å². The molecule has 0 spiro atoms. The smallest absolute Gasteiger partial charge is 0.261 e. The lowest BCUT2D eigenvalue weighted by atomic mass is 9.93. The number of amides is 2. The number of nitrogens with two attached hydrogens (primary N) is 1. The maximum Gasteiger partial charge on any atom is 0.261 e. The Morgan fingerprint density at radius 1 is 1.10 bits per heavy atom. The maximum absolute atomic E-state index is 12.9. The summed E-state index contributed by atoms with van der Waals surface area (Å²) in [6.07, 6.45) is 2.84. The first-order valence-electron chi connectivity index (χ1n) is 9.60. The normalized spacial score (nSPS) is 17.0. The molecule has 2 amide bonds. The molecule has 0 saturated carbocycles. The van der Waals surface area contributed by atoms with E-state index in [0.29, 0.717) is 37.2 Å². The van der Waals surface area contributed by atoms with E-state index in [1.165, 1.54) is 12.1 Å². The van der Waals surface area contributed by atoms with E-state index in [2.05, 4.69) is 4.72 Å². The largest absolute Gasteiger partial charge is 0.370 e. The van der Waals surface area contributed by atoms with E-state index in [-0.39, 0.29) is 22.6 Å². The van der Waals surface area contributed by atoms with Gasteiger partial charge < -0.3 is 10.6 Å². The number of nitrogens with one attached hydrogen (secondary N) is 1. The highest BCUT2D eigenvalue weighted by molar-refractivity contribution is 7.92. The van der Waals surface area contributed by atoms with Gasteiger partial charge in [0.05, 0.1) is 4.90 Å². The van der Waals surface area contributed by atoms with E-state index in [1.807, 2.05) is 0 Å². The number of primary amides is 1. The van der Waals surface area contributed by atoms with Gasteiger partial charge in [0.15, 0.2) is 0 Å². The highest BCUT2D eigenvalue weighted by atomic mass is 32.2. The molecule has 7 nitrogen and oxygen atoms in total. The van der Waals surface area contributed by atoms with Crippen LogP contribution in [0.25, 0.3) is 0 Å². The van der Waals surface area contributed by atoms with Crippen LogP contribution in [-0.4, -0.2) is 38.2 Å². The zero-order valence-electron chi connectivity index (χ0n) is 16.1. The first kappa shape index (κ1) is 20.9. The summed E-state index contributed by atoms with van der Waals surface area (Å²) in [6, 6.07) is 14.6. The highest BCUT2D eigenvalue weighted by Gasteiger charge is 2.25. The van der Waals surface area contributed by atoms with Gasteiger partial charge in [-0.15, -0.1) is 0 Å². The number of carbonyl (C=O) groups is 2. The third kappa shape index (κ3) is 5.57. The molecule has 3 N–H and O–H groups in total. The second kappa shape index (κ2) is 9.09. The van der Waals surface area contributed by atoms with Gasteiger partial charge in [0, 0.05) is 30.8 Å². The van der Waals surface area contributed by atoms with Gasteiger partial charge in [-0.2, -0.15) is 0 Å². The standard InChI is InChI=1S/C21H25N3O4S/c22-20(25)12-11-16-6-5-13-24(15-16)21(26)17-7-4-8-18(14-17)23-29(27,28)19-9-2-1-3-10-19/h1-4,7-10,14,16,23H,5-6,11-13,15H2,(H2,22,25). The number of piperidine rings is 1. The SMILES string of the molecule is NC(=O)CCC1CCCN(C(=O)c2cccc(NS(=O)(=O)c3ccccc3)c2)C1. The van der Waals surface area contributed by atoms with Crippen LogP contribution < -0.4 is 10.5 Å². The molecule has 3 rings (SSSR count). The number of benzene rings is 2. The van der Waals surface area contributed by atoms with Crippen molar-refractivity contribution in [3.05, 3.63) is 60.2 Å². The Morgan fingerprint density at radius 3 is 2.59 bits per heavy atom. The van der Waals surface area contributed by atoms with E-state index in [0.717, 1.165) is 12.8 Å². The number of hydrogen-bond acceptors (Lipinski definition) is 4.